The molecule has 0 aliphatic rings. The maximum absolute atomic E-state index is 11.9. The monoisotopic (exact) mass is 444 g/mol. The van der Waals surface area contributed by atoms with Crippen LogP contribution in [0.15, 0.2) is 58.2 Å². The van der Waals surface area contributed by atoms with E-state index < -0.39 is 22.3 Å². The number of phenols is 1. The second-order valence-corrected chi connectivity index (χ2v) is 6.40. The summed E-state index contributed by atoms with van der Waals surface area (Å²) in [5.74, 6) is -0.532. The minimum absolute atomic E-state index is 0.140. The van der Waals surface area contributed by atoms with E-state index in [2.05, 4.69) is 31.4 Å². The molecule has 0 bridgehead atoms. The fraction of sp³-hybridized carbons (Fsp3) is 0.0556. The molecule has 0 atom stereocenters. The molecule has 0 aliphatic carbocycles. The number of hydrogen-bond acceptors (Lipinski definition) is 7. The van der Waals surface area contributed by atoms with Crippen molar-refractivity contribution >= 4 is 44.6 Å². The van der Waals surface area contributed by atoms with E-state index in [-0.39, 0.29) is 11.1 Å². The number of nitro benzene ring substituents is 1. The molecule has 0 saturated carbocycles. The van der Waals surface area contributed by atoms with Crippen molar-refractivity contribution in [3.8, 4) is 11.5 Å². The molecule has 0 radical (unpaired) electrons. The first-order chi connectivity index (χ1) is 13.5. The molecule has 2 aromatic carbocycles. The zero-order valence-corrected chi connectivity index (χ0v) is 15.8. The van der Waals surface area contributed by atoms with Crippen LogP contribution in [0.25, 0.3) is 10.9 Å². The summed E-state index contributed by atoms with van der Waals surface area (Å²) in [6.45, 7) is -0.285. The highest BCUT2D eigenvalue weighted by molar-refractivity contribution is 9.10. The third-order valence-electron chi connectivity index (χ3n) is 3.62. The van der Waals surface area contributed by atoms with Gasteiger partial charge in [-0.3, -0.25) is 19.9 Å². The van der Waals surface area contributed by atoms with Gasteiger partial charge in [0.2, 0.25) is 5.75 Å². The first kappa shape index (κ1) is 19.2. The van der Waals surface area contributed by atoms with E-state index >= 15 is 0 Å². The summed E-state index contributed by atoms with van der Waals surface area (Å²) in [5, 5.41) is 25.2. The van der Waals surface area contributed by atoms with Crippen molar-refractivity contribution < 1.29 is 19.6 Å². The Kier molecular flexibility index (Phi) is 5.80. The van der Waals surface area contributed by atoms with Crippen molar-refractivity contribution in [2.24, 2.45) is 5.10 Å². The third kappa shape index (κ3) is 4.41. The number of pyridine rings is 1. The maximum atomic E-state index is 11.9. The standard InChI is InChI=1S/C18H13BrN4O5/c19-13-7-11(8-14(18(13)25)23(26)27)9-21-22-16(24)10-28-15-5-1-3-12-4-2-6-20-17(12)15/h1-9,25H,10H2,(H,22,24)/b21-9+. The Morgan fingerprint density at radius 1 is 1.36 bits per heavy atom. The minimum Gasteiger partial charge on any atom is -0.501 e. The predicted molar refractivity (Wildman–Crippen MR) is 105 cm³/mol. The van der Waals surface area contributed by atoms with E-state index in [9.17, 15) is 20.0 Å². The molecule has 0 spiro atoms. The van der Waals surface area contributed by atoms with Gasteiger partial charge >= 0.3 is 5.69 Å². The summed E-state index contributed by atoms with van der Waals surface area (Å²) in [5.41, 5.74) is 2.75. The van der Waals surface area contributed by atoms with Crippen LogP contribution in [0.3, 0.4) is 0 Å². The van der Waals surface area contributed by atoms with Crippen LogP contribution in [0.2, 0.25) is 0 Å². The van der Waals surface area contributed by atoms with Crippen LogP contribution in [0.5, 0.6) is 11.5 Å². The van der Waals surface area contributed by atoms with Gasteiger partial charge in [0, 0.05) is 23.2 Å². The fourth-order valence-electron chi connectivity index (χ4n) is 2.37. The number of hydrazone groups is 1. The average Bonchev–Trinajstić information content (AvgIpc) is 2.68. The molecule has 0 fully saturated rings. The molecule has 2 N–H and O–H groups in total. The van der Waals surface area contributed by atoms with Gasteiger partial charge in [-0.25, -0.2) is 5.43 Å². The molecular weight excluding hydrogens is 432 g/mol. The molecule has 1 amide bonds. The Balaban J connectivity index is 1.62. The summed E-state index contributed by atoms with van der Waals surface area (Å²) in [6, 6.07) is 11.6. The SMILES string of the molecule is O=C(COc1cccc2cccnc12)N/N=C/c1cc(Br)c(O)c([N+](=O)[O-])c1. The fourth-order valence-corrected chi connectivity index (χ4v) is 2.83. The van der Waals surface area contributed by atoms with Gasteiger partial charge in [0.25, 0.3) is 5.91 Å². The lowest BCUT2D eigenvalue weighted by Crippen LogP contribution is -2.24. The van der Waals surface area contributed by atoms with Gasteiger partial charge in [0.05, 0.1) is 15.6 Å². The number of amides is 1. The number of ether oxygens (including phenoxy) is 1. The Labute approximate surface area is 166 Å². The molecule has 1 heterocycles. The highest BCUT2D eigenvalue weighted by Gasteiger charge is 2.17. The number of nitrogens with one attached hydrogen (secondary N) is 1. The van der Waals surface area contributed by atoms with Crippen molar-refractivity contribution in [2.75, 3.05) is 6.61 Å². The summed E-state index contributed by atoms with van der Waals surface area (Å²) in [6.07, 6.45) is 2.85. The third-order valence-corrected chi connectivity index (χ3v) is 4.22. The second-order valence-electron chi connectivity index (χ2n) is 5.54. The number of nitrogens with zero attached hydrogens (tertiary/aromatic N) is 3. The van der Waals surface area contributed by atoms with Crippen molar-refractivity contribution in [2.45, 2.75) is 0 Å². The van der Waals surface area contributed by atoms with E-state index in [1.54, 1.807) is 24.4 Å². The molecule has 0 unspecified atom stereocenters. The average molecular weight is 445 g/mol. The zero-order valence-electron chi connectivity index (χ0n) is 14.2. The van der Waals surface area contributed by atoms with E-state index in [1.165, 1.54) is 12.3 Å². The number of aromatic nitrogens is 1. The first-order valence-electron chi connectivity index (χ1n) is 7.91. The molecule has 3 aromatic rings. The maximum Gasteiger partial charge on any atom is 0.312 e. The van der Waals surface area contributed by atoms with Crippen LogP contribution in [-0.4, -0.2) is 33.7 Å². The highest BCUT2D eigenvalue weighted by Crippen LogP contribution is 2.34. The minimum atomic E-state index is -0.720. The molecule has 10 heteroatoms. The van der Waals surface area contributed by atoms with Crippen molar-refractivity contribution in [1.29, 1.82) is 0 Å². The lowest BCUT2D eigenvalue weighted by atomic mass is 10.2. The van der Waals surface area contributed by atoms with Gasteiger partial charge in [-0.05, 0) is 34.1 Å². The summed E-state index contributed by atoms with van der Waals surface area (Å²) >= 11 is 3.03. The quantitative estimate of drug-likeness (QED) is 0.341. The van der Waals surface area contributed by atoms with Crippen molar-refractivity contribution in [1.82, 2.24) is 10.4 Å². The molecule has 9 nitrogen and oxygen atoms in total. The van der Waals surface area contributed by atoms with E-state index in [0.717, 1.165) is 11.5 Å². The van der Waals surface area contributed by atoms with Gasteiger partial charge in [-0.2, -0.15) is 5.10 Å². The first-order valence-corrected chi connectivity index (χ1v) is 8.70. The Bertz CT molecular complexity index is 1080. The van der Waals surface area contributed by atoms with E-state index in [0.29, 0.717) is 16.8 Å². The van der Waals surface area contributed by atoms with Crippen LogP contribution < -0.4 is 10.2 Å². The number of phenolic OH excluding ortho intramolecular Hbond substituents is 1. The van der Waals surface area contributed by atoms with Gasteiger partial charge in [-0.15, -0.1) is 0 Å². The number of rotatable bonds is 6. The number of aromatic hydroxyl groups is 1. The molecule has 1 aromatic heterocycles. The number of para-hydroxylation sites is 1. The molecule has 0 aliphatic heterocycles. The summed E-state index contributed by atoms with van der Waals surface area (Å²) in [7, 11) is 0. The summed E-state index contributed by atoms with van der Waals surface area (Å²) in [4.78, 5) is 26.3. The number of carbonyl (C=O) groups is 1. The number of carbonyl (C=O) groups excluding carboxylic acids is 1. The van der Waals surface area contributed by atoms with Crippen LogP contribution in [0, 0.1) is 10.1 Å². The smallest absolute Gasteiger partial charge is 0.312 e. The Morgan fingerprint density at radius 2 is 2.14 bits per heavy atom. The van der Waals surface area contributed by atoms with Crippen LogP contribution in [0.1, 0.15) is 5.56 Å². The van der Waals surface area contributed by atoms with Gasteiger partial charge in [0.15, 0.2) is 6.61 Å². The van der Waals surface area contributed by atoms with Crippen LogP contribution in [0.4, 0.5) is 5.69 Å². The lowest BCUT2D eigenvalue weighted by Gasteiger charge is -2.07. The number of fused-ring (bicyclic) bond motifs is 1. The molecule has 3 rings (SSSR count). The Morgan fingerprint density at radius 3 is 2.93 bits per heavy atom. The number of nitro groups is 1. The molecule has 142 valence electrons. The zero-order chi connectivity index (χ0) is 20.1. The molecule has 0 saturated heterocycles. The summed E-state index contributed by atoms with van der Waals surface area (Å²) < 4.78 is 5.63. The van der Waals surface area contributed by atoms with Crippen LogP contribution in [-0.2, 0) is 4.79 Å². The largest absolute Gasteiger partial charge is 0.501 e. The molecule has 28 heavy (non-hydrogen) atoms. The van der Waals surface area contributed by atoms with Gasteiger partial charge in [0.1, 0.15) is 11.3 Å². The predicted octanol–water partition coefficient (Wildman–Crippen LogP) is 3.14. The molecular formula is C18H13BrN4O5. The number of benzene rings is 2. The topological polar surface area (TPSA) is 127 Å². The van der Waals surface area contributed by atoms with E-state index in [4.69, 9.17) is 4.74 Å². The lowest BCUT2D eigenvalue weighted by molar-refractivity contribution is -0.386. The van der Waals surface area contributed by atoms with E-state index in [1.807, 2.05) is 12.1 Å². The van der Waals surface area contributed by atoms with Gasteiger partial charge in [-0.1, -0.05) is 18.2 Å². The van der Waals surface area contributed by atoms with Gasteiger partial charge < -0.3 is 9.84 Å². The Hall–Kier alpha value is -3.53. The second kappa shape index (κ2) is 8.44. The number of hydrogen-bond donors (Lipinski definition) is 2. The number of halogens is 1. The highest BCUT2D eigenvalue weighted by atomic mass is 79.9. The van der Waals surface area contributed by atoms with Crippen molar-refractivity contribution in [3.63, 3.8) is 0 Å². The van der Waals surface area contributed by atoms with Crippen molar-refractivity contribution in [3.05, 3.63) is 68.8 Å². The normalized spacial score (nSPS) is 10.9. The van der Waals surface area contributed by atoms with Crippen LogP contribution >= 0.6 is 15.9 Å².